The highest BCUT2D eigenvalue weighted by atomic mass is 16.5. The van der Waals surface area contributed by atoms with E-state index in [2.05, 4.69) is 5.32 Å². The molecule has 0 saturated heterocycles. The lowest BCUT2D eigenvalue weighted by Crippen LogP contribution is -2.48. The van der Waals surface area contributed by atoms with Crippen LogP contribution >= 0.6 is 0 Å². The average molecular weight is 276 g/mol. The molecule has 5 heteroatoms. The van der Waals surface area contributed by atoms with E-state index in [4.69, 9.17) is 15.2 Å². The van der Waals surface area contributed by atoms with Gasteiger partial charge in [0, 0.05) is 18.2 Å². The molecule has 1 saturated carbocycles. The monoisotopic (exact) mass is 276 g/mol. The average Bonchev–Trinajstić information content (AvgIpc) is 2.76. The van der Waals surface area contributed by atoms with Crippen LogP contribution in [0.4, 0.5) is 5.69 Å². The van der Waals surface area contributed by atoms with Gasteiger partial charge < -0.3 is 20.5 Å². The van der Waals surface area contributed by atoms with Gasteiger partial charge in [-0.2, -0.15) is 0 Å². The summed E-state index contributed by atoms with van der Waals surface area (Å²) in [6.45, 7) is 1.29. The maximum atomic E-state index is 12.3. The molecule has 0 bridgehead atoms. The topological polar surface area (TPSA) is 73.6 Å². The van der Waals surface area contributed by atoms with E-state index in [1.54, 1.807) is 6.07 Å². The summed E-state index contributed by atoms with van der Waals surface area (Å²) < 4.78 is 11.2. The van der Waals surface area contributed by atoms with E-state index >= 15 is 0 Å². The number of benzene rings is 1. The third-order valence-electron chi connectivity index (χ3n) is 3.95. The van der Waals surface area contributed by atoms with Crippen molar-refractivity contribution in [3.05, 3.63) is 18.2 Å². The van der Waals surface area contributed by atoms with Gasteiger partial charge in [-0.25, -0.2) is 0 Å². The number of carbonyl (C=O) groups excluding carboxylic acids is 1. The first-order chi connectivity index (χ1) is 9.67. The summed E-state index contributed by atoms with van der Waals surface area (Å²) in [7, 11) is 0. The first-order valence-electron chi connectivity index (χ1n) is 7.17. The van der Waals surface area contributed by atoms with Crippen molar-refractivity contribution in [3.8, 4) is 11.5 Å². The molecule has 1 aliphatic heterocycles. The Morgan fingerprint density at radius 2 is 1.80 bits per heavy atom. The molecule has 0 spiro atoms. The van der Waals surface area contributed by atoms with Crippen LogP contribution in [0, 0.1) is 0 Å². The van der Waals surface area contributed by atoms with Gasteiger partial charge in [0.15, 0.2) is 11.5 Å². The molecule has 1 aromatic rings. The van der Waals surface area contributed by atoms with Crippen LogP contribution < -0.4 is 20.5 Å². The maximum absolute atomic E-state index is 12.3. The lowest BCUT2D eigenvalue weighted by atomic mass is 9.98. The third-order valence-corrected chi connectivity index (χ3v) is 3.95. The molecule has 108 valence electrons. The van der Waals surface area contributed by atoms with Crippen molar-refractivity contribution in [3.63, 3.8) is 0 Å². The van der Waals surface area contributed by atoms with Crippen LogP contribution in [0.5, 0.6) is 11.5 Å². The second-order valence-electron chi connectivity index (χ2n) is 5.53. The summed E-state index contributed by atoms with van der Waals surface area (Å²) in [5, 5.41) is 2.90. The van der Waals surface area contributed by atoms with Crippen molar-refractivity contribution < 1.29 is 14.3 Å². The zero-order chi connectivity index (χ0) is 14.0. The van der Waals surface area contributed by atoms with E-state index in [1.807, 2.05) is 12.1 Å². The number of anilines is 1. The Morgan fingerprint density at radius 3 is 2.55 bits per heavy atom. The van der Waals surface area contributed by atoms with Crippen molar-refractivity contribution in [2.75, 3.05) is 18.5 Å². The van der Waals surface area contributed by atoms with E-state index in [9.17, 15) is 4.79 Å². The van der Waals surface area contributed by atoms with Gasteiger partial charge in [-0.05, 0) is 25.0 Å². The number of hydrogen-bond donors (Lipinski definition) is 2. The summed E-state index contributed by atoms with van der Waals surface area (Å²) in [6, 6.07) is 5.45. The minimum atomic E-state index is -0.718. The SMILES string of the molecule is NC1(C(=O)Nc2ccc3c(c2)OCCCO3)CCCC1. The van der Waals surface area contributed by atoms with Crippen LogP contribution in [0.1, 0.15) is 32.1 Å². The van der Waals surface area contributed by atoms with Crippen molar-refractivity contribution in [1.29, 1.82) is 0 Å². The fraction of sp³-hybridized carbons (Fsp3) is 0.533. The maximum Gasteiger partial charge on any atom is 0.244 e. The highest BCUT2D eigenvalue weighted by molar-refractivity contribution is 5.98. The zero-order valence-corrected chi connectivity index (χ0v) is 11.5. The standard InChI is InChI=1S/C15H20N2O3/c16-15(6-1-2-7-15)14(18)17-11-4-5-12-13(10-11)20-9-3-8-19-12/h4-5,10H,1-3,6-9,16H2,(H,17,18). The minimum absolute atomic E-state index is 0.107. The number of nitrogens with two attached hydrogens (primary N) is 1. The van der Waals surface area contributed by atoms with E-state index in [0.29, 0.717) is 24.7 Å². The van der Waals surface area contributed by atoms with Gasteiger partial charge in [-0.3, -0.25) is 4.79 Å². The van der Waals surface area contributed by atoms with Crippen molar-refractivity contribution in [2.24, 2.45) is 5.73 Å². The number of nitrogens with one attached hydrogen (secondary N) is 1. The van der Waals surface area contributed by atoms with Gasteiger partial charge in [-0.1, -0.05) is 12.8 Å². The minimum Gasteiger partial charge on any atom is -0.490 e. The largest absolute Gasteiger partial charge is 0.490 e. The van der Waals surface area contributed by atoms with Crippen molar-refractivity contribution in [1.82, 2.24) is 0 Å². The van der Waals surface area contributed by atoms with Gasteiger partial charge in [0.1, 0.15) is 0 Å². The summed E-state index contributed by atoms with van der Waals surface area (Å²) in [5.74, 6) is 1.30. The number of ether oxygens (including phenoxy) is 2. The predicted molar refractivity (Wildman–Crippen MR) is 76.1 cm³/mol. The Kier molecular flexibility index (Phi) is 3.53. The number of amides is 1. The van der Waals surface area contributed by atoms with Crippen LogP contribution in [0.15, 0.2) is 18.2 Å². The molecule has 0 atom stereocenters. The van der Waals surface area contributed by atoms with E-state index in [-0.39, 0.29) is 5.91 Å². The normalized spacial score (nSPS) is 20.2. The number of carbonyl (C=O) groups is 1. The van der Waals surface area contributed by atoms with Gasteiger partial charge in [-0.15, -0.1) is 0 Å². The van der Waals surface area contributed by atoms with Gasteiger partial charge >= 0.3 is 0 Å². The van der Waals surface area contributed by atoms with Crippen LogP contribution in [0.25, 0.3) is 0 Å². The second kappa shape index (κ2) is 5.32. The number of hydrogen-bond acceptors (Lipinski definition) is 4. The fourth-order valence-corrected chi connectivity index (χ4v) is 2.73. The molecular formula is C15H20N2O3. The Bertz CT molecular complexity index is 510. The van der Waals surface area contributed by atoms with Gasteiger partial charge in [0.25, 0.3) is 0 Å². The van der Waals surface area contributed by atoms with E-state index in [0.717, 1.165) is 37.9 Å². The Morgan fingerprint density at radius 1 is 1.10 bits per heavy atom. The van der Waals surface area contributed by atoms with Crippen molar-refractivity contribution in [2.45, 2.75) is 37.6 Å². The van der Waals surface area contributed by atoms with Crippen LogP contribution in [-0.2, 0) is 4.79 Å². The van der Waals surface area contributed by atoms with Crippen LogP contribution in [-0.4, -0.2) is 24.7 Å². The molecule has 2 aliphatic rings. The molecule has 0 unspecified atom stereocenters. The lowest BCUT2D eigenvalue weighted by Gasteiger charge is -2.22. The number of rotatable bonds is 2. The van der Waals surface area contributed by atoms with E-state index < -0.39 is 5.54 Å². The summed E-state index contributed by atoms with van der Waals surface area (Å²) in [5.41, 5.74) is 6.13. The summed E-state index contributed by atoms with van der Waals surface area (Å²) in [6.07, 6.45) is 4.41. The smallest absolute Gasteiger partial charge is 0.244 e. The molecular weight excluding hydrogens is 256 g/mol. The van der Waals surface area contributed by atoms with Crippen molar-refractivity contribution >= 4 is 11.6 Å². The van der Waals surface area contributed by atoms with Crippen LogP contribution in [0.3, 0.4) is 0 Å². The van der Waals surface area contributed by atoms with Crippen LogP contribution in [0.2, 0.25) is 0 Å². The quantitative estimate of drug-likeness (QED) is 0.867. The summed E-state index contributed by atoms with van der Waals surface area (Å²) >= 11 is 0. The molecule has 1 heterocycles. The lowest BCUT2D eigenvalue weighted by molar-refractivity contribution is -0.121. The molecule has 20 heavy (non-hydrogen) atoms. The molecule has 0 aromatic heterocycles. The molecule has 1 aliphatic carbocycles. The fourth-order valence-electron chi connectivity index (χ4n) is 2.73. The molecule has 5 nitrogen and oxygen atoms in total. The molecule has 1 aromatic carbocycles. The first-order valence-corrected chi connectivity index (χ1v) is 7.17. The van der Waals surface area contributed by atoms with Gasteiger partial charge in [0.05, 0.1) is 18.8 Å². The first kappa shape index (κ1) is 13.2. The Labute approximate surface area is 118 Å². The molecule has 1 amide bonds. The predicted octanol–water partition coefficient (Wildman–Crippen LogP) is 2.06. The third kappa shape index (κ3) is 2.58. The Hall–Kier alpha value is -1.75. The zero-order valence-electron chi connectivity index (χ0n) is 11.5. The molecule has 3 rings (SSSR count). The molecule has 3 N–H and O–H groups in total. The molecule has 0 radical (unpaired) electrons. The van der Waals surface area contributed by atoms with E-state index in [1.165, 1.54) is 0 Å². The highest BCUT2D eigenvalue weighted by Crippen LogP contribution is 2.33. The number of fused-ring (bicyclic) bond motifs is 1. The highest BCUT2D eigenvalue weighted by Gasteiger charge is 2.37. The van der Waals surface area contributed by atoms with Gasteiger partial charge in [0.2, 0.25) is 5.91 Å². The second-order valence-corrected chi connectivity index (χ2v) is 5.53. The molecule has 1 fully saturated rings. The Balaban J connectivity index is 1.74. The summed E-state index contributed by atoms with van der Waals surface area (Å²) in [4.78, 5) is 12.3.